The molecule has 2 unspecified atom stereocenters. The van der Waals surface area contributed by atoms with Crippen LogP contribution in [0.5, 0.6) is 11.5 Å². The number of benzene rings is 1. The number of allylic oxidation sites excluding steroid dienone is 3. The molecule has 0 spiro atoms. The molecule has 2 heterocycles. The summed E-state index contributed by atoms with van der Waals surface area (Å²) in [5.41, 5.74) is -0.629. The molecule has 46 heavy (non-hydrogen) atoms. The van der Waals surface area contributed by atoms with Gasteiger partial charge < -0.3 is 35.7 Å². The Morgan fingerprint density at radius 3 is 1.80 bits per heavy atom. The van der Waals surface area contributed by atoms with E-state index in [1.165, 1.54) is 39.0 Å². The Kier molecular flexibility index (Phi) is 11.7. The standard InChI is InChI=1S/C35H47NO10/c1-14-10-9-11-15(2)35(46)36-22-13-23(37)24-25(32(43)21(8)33(44)26(24)34(22)45)29(40)17(4)12-16(3)28(39)19(6)31(42)20(7)30(41)18(5)27(14)38/h9-14,16,18-21,27-28,30-31,33,37-39,41-42,44-45H,1-8H3/b10-9-,15-11+,17-12+,36-22?/t14-,16-,18-,19-,20-,21?,27+,28-,30-,31-,33?/m1/s1. The fraction of sp³-hybridized carbons (Fsp3) is 0.543. The fourth-order valence-electron chi connectivity index (χ4n) is 6.31. The van der Waals surface area contributed by atoms with Crippen LogP contribution in [-0.4, -0.2) is 77.6 Å². The number of phenolic OH excluding ortho intramolecular Hbond substituents is 2. The lowest BCUT2D eigenvalue weighted by Crippen LogP contribution is -2.45. The van der Waals surface area contributed by atoms with Crippen LogP contribution in [0.3, 0.4) is 0 Å². The van der Waals surface area contributed by atoms with Crippen molar-refractivity contribution in [2.75, 3.05) is 0 Å². The molecule has 252 valence electrons. The van der Waals surface area contributed by atoms with E-state index in [0.717, 1.165) is 6.07 Å². The van der Waals surface area contributed by atoms with Gasteiger partial charge in [-0.1, -0.05) is 65.8 Å². The lowest BCUT2D eigenvalue weighted by atomic mass is 9.76. The molecule has 7 N–H and O–H groups in total. The predicted molar refractivity (Wildman–Crippen MR) is 170 cm³/mol. The van der Waals surface area contributed by atoms with Crippen LogP contribution in [-0.2, 0) is 14.4 Å². The van der Waals surface area contributed by atoms with E-state index in [-0.39, 0.29) is 27.3 Å². The summed E-state index contributed by atoms with van der Waals surface area (Å²) >= 11 is 0. The van der Waals surface area contributed by atoms with Crippen molar-refractivity contribution >= 4 is 23.0 Å². The summed E-state index contributed by atoms with van der Waals surface area (Å²) in [5, 5.41) is 76.7. The molecular weight excluding hydrogens is 594 g/mol. The highest BCUT2D eigenvalue weighted by atomic mass is 16.3. The molecule has 3 aliphatic rings. The van der Waals surface area contributed by atoms with Gasteiger partial charge in [0.25, 0.3) is 5.91 Å². The zero-order valence-electron chi connectivity index (χ0n) is 27.5. The highest BCUT2D eigenvalue weighted by molar-refractivity contribution is 6.46. The Morgan fingerprint density at radius 2 is 1.24 bits per heavy atom. The Balaban J connectivity index is 2.30. The van der Waals surface area contributed by atoms with Crippen molar-refractivity contribution in [2.24, 2.45) is 40.5 Å². The van der Waals surface area contributed by atoms with Crippen LogP contribution in [0.4, 0.5) is 0 Å². The number of hydrogen-bond acceptors (Lipinski definition) is 10. The Bertz CT molecular complexity index is 1590. The van der Waals surface area contributed by atoms with Gasteiger partial charge in [0.05, 0.1) is 42.0 Å². The van der Waals surface area contributed by atoms with Gasteiger partial charge in [-0.05, 0) is 19.4 Å². The van der Waals surface area contributed by atoms with Crippen molar-refractivity contribution in [1.29, 1.82) is 0 Å². The molecule has 0 radical (unpaired) electrons. The van der Waals surface area contributed by atoms with E-state index in [4.69, 9.17) is 0 Å². The van der Waals surface area contributed by atoms with Crippen LogP contribution in [0.25, 0.3) is 5.57 Å². The molecule has 0 saturated heterocycles. The minimum atomic E-state index is -1.62. The van der Waals surface area contributed by atoms with Crippen LogP contribution in [0, 0.1) is 35.5 Å². The van der Waals surface area contributed by atoms with Crippen molar-refractivity contribution in [3.63, 3.8) is 0 Å². The highest BCUT2D eigenvalue weighted by Crippen LogP contribution is 2.35. The molecule has 1 amide bonds. The molecule has 11 atom stereocenters. The van der Waals surface area contributed by atoms with E-state index >= 15 is 0 Å². The molecule has 1 aliphatic carbocycles. The summed E-state index contributed by atoms with van der Waals surface area (Å²) in [5.74, 6) is -8.29. The number of fused-ring (bicyclic) bond motifs is 15. The van der Waals surface area contributed by atoms with E-state index in [0.29, 0.717) is 0 Å². The number of amides is 1. The molecule has 0 aromatic heterocycles. The van der Waals surface area contributed by atoms with Gasteiger partial charge in [-0.3, -0.25) is 14.4 Å². The van der Waals surface area contributed by atoms with E-state index in [2.05, 4.69) is 4.99 Å². The maximum absolute atomic E-state index is 13.8. The lowest BCUT2D eigenvalue weighted by Gasteiger charge is -2.36. The summed E-state index contributed by atoms with van der Waals surface area (Å²) in [7, 11) is 0. The number of aromatic hydroxyl groups is 2. The Morgan fingerprint density at radius 1 is 0.717 bits per heavy atom. The number of phenols is 2. The molecular formula is C35H47NO10. The van der Waals surface area contributed by atoms with Gasteiger partial charge in [-0.15, -0.1) is 0 Å². The van der Waals surface area contributed by atoms with Gasteiger partial charge in [-0.25, -0.2) is 4.99 Å². The summed E-state index contributed by atoms with van der Waals surface area (Å²) in [6.07, 6.45) is -0.146. The Labute approximate surface area is 268 Å². The summed E-state index contributed by atoms with van der Waals surface area (Å²) in [6, 6.07) is 0.939. The number of aliphatic hydroxyl groups excluding tert-OH is 5. The molecule has 0 saturated carbocycles. The molecule has 0 fully saturated rings. The average Bonchev–Trinajstić information content (AvgIpc) is 3.02. The van der Waals surface area contributed by atoms with Crippen molar-refractivity contribution < 1.29 is 50.1 Å². The zero-order chi connectivity index (χ0) is 34.9. The second kappa shape index (κ2) is 14.5. The van der Waals surface area contributed by atoms with Crippen molar-refractivity contribution in [1.82, 2.24) is 0 Å². The minimum Gasteiger partial charge on any atom is -0.507 e. The average molecular weight is 642 g/mol. The van der Waals surface area contributed by atoms with Gasteiger partial charge in [0, 0.05) is 52.0 Å². The number of carbonyl (C=O) groups excluding carboxylic acids is 3. The zero-order valence-corrected chi connectivity index (χ0v) is 27.5. The van der Waals surface area contributed by atoms with Crippen LogP contribution >= 0.6 is 0 Å². The van der Waals surface area contributed by atoms with Gasteiger partial charge in [0.1, 0.15) is 16.9 Å². The van der Waals surface area contributed by atoms with Crippen molar-refractivity contribution in [3.05, 3.63) is 57.7 Å². The lowest BCUT2D eigenvalue weighted by molar-refractivity contribution is -0.122. The highest BCUT2D eigenvalue weighted by Gasteiger charge is 2.40. The molecule has 4 bridgehead atoms. The third-order valence-corrected chi connectivity index (χ3v) is 9.70. The number of hydrogen-bond donors (Lipinski definition) is 7. The first-order valence-electron chi connectivity index (χ1n) is 15.6. The molecule has 11 heteroatoms. The van der Waals surface area contributed by atoms with Crippen LogP contribution in [0.1, 0.15) is 67.1 Å². The molecule has 11 nitrogen and oxygen atoms in total. The van der Waals surface area contributed by atoms with Crippen LogP contribution in [0.15, 0.2) is 46.5 Å². The van der Waals surface area contributed by atoms with Crippen LogP contribution in [0.2, 0.25) is 0 Å². The Hall–Kier alpha value is -3.48. The topological polar surface area (TPSA) is 205 Å². The van der Waals surface area contributed by atoms with E-state index in [1.54, 1.807) is 40.7 Å². The third kappa shape index (κ3) is 7.08. The second-order valence-electron chi connectivity index (χ2n) is 13.1. The SMILES string of the molecule is C/C1=C\C=C/[C@@H](C)[C@H](O)[C@@H](C)[C@@H](O)[C@@H](C)[C@H](O)[C@H](C)[C@H](O)[C@H](C)/C=C(\C)C(=O)C2=c3c(O)cc(c(O)c3C(O)C(C)C2=O)=NC1=O. The first-order chi connectivity index (χ1) is 21.3. The largest absolute Gasteiger partial charge is 0.507 e. The quantitative estimate of drug-likeness (QED) is 0.202. The molecule has 2 aliphatic heterocycles. The van der Waals surface area contributed by atoms with Gasteiger partial charge in [0.15, 0.2) is 11.6 Å². The van der Waals surface area contributed by atoms with E-state index in [9.17, 15) is 50.1 Å². The maximum atomic E-state index is 13.8. The smallest absolute Gasteiger partial charge is 0.273 e. The van der Waals surface area contributed by atoms with Gasteiger partial charge in [-0.2, -0.15) is 0 Å². The van der Waals surface area contributed by atoms with Gasteiger partial charge in [0.2, 0.25) is 0 Å². The monoisotopic (exact) mass is 641 g/mol. The van der Waals surface area contributed by atoms with E-state index in [1.807, 2.05) is 0 Å². The number of aliphatic hydroxyl groups is 5. The molecule has 1 aromatic carbocycles. The number of carbonyl (C=O) groups is 3. The summed E-state index contributed by atoms with van der Waals surface area (Å²) < 4.78 is 0. The summed E-state index contributed by atoms with van der Waals surface area (Å²) in [4.78, 5) is 44.0. The fourth-order valence-corrected chi connectivity index (χ4v) is 6.31. The van der Waals surface area contributed by atoms with Crippen LogP contribution < -0.4 is 10.6 Å². The number of rotatable bonds is 0. The number of ketones is 2. The van der Waals surface area contributed by atoms with Crippen molar-refractivity contribution in [2.45, 2.75) is 85.9 Å². The number of Topliss-reactive ketones (excluding diaryl/α,β-unsaturated/α-hetero) is 2. The van der Waals surface area contributed by atoms with E-state index < -0.39 is 101 Å². The summed E-state index contributed by atoms with van der Waals surface area (Å²) in [6.45, 7) is 12.5. The number of nitrogens with zero attached hydrogens (tertiary/aromatic N) is 1. The predicted octanol–water partition coefficient (Wildman–Crippen LogP) is 1.30. The minimum absolute atomic E-state index is 0.0273. The first-order valence-corrected chi connectivity index (χ1v) is 15.6. The molecule has 1 aromatic rings. The normalized spacial score (nSPS) is 38.4. The first kappa shape index (κ1) is 37.0. The van der Waals surface area contributed by atoms with Crippen molar-refractivity contribution in [3.8, 4) is 11.5 Å². The molecule has 4 rings (SSSR count). The maximum Gasteiger partial charge on any atom is 0.273 e. The third-order valence-electron chi connectivity index (χ3n) is 9.70. The second-order valence-corrected chi connectivity index (χ2v) is 13.1. The van der Waals surface area contributed by atoms with Gasteiger partial charge >= 0.3 is 0 Å².